The zero-order valence-corrected chi connectivity index (χ0v) is 9.34. The van der Waals surface area contributed by atoms with E-state index in [1.54, 1.807) is 0 Å². The predicted octanol–water partition coefficient (Wildman–Crippen LogP) is 1.74. The maximum atomic E-state index is 9.41. The molecule has 2 rings (SSSR count). The summed E-state index contributed by atoms with van der Waals surface area (Å²) in [5, 5.41) is 9.41. The van der Waals surface area contributed by atoms with Crippen LogP contribution in [0, 0.1) is 0 Å². The van der Waals surface area contributed by atoms with Crippen LogP contribution in [0.5, 0.6) is 0 Å². The van der Waals surface area contributed by atoms with Crippen molar-refractivity contribution in [3.8, 4) is 0 Å². The van der Waals surface area contributed by atoms with E-state index in [4.69, 9.17) is 9.47 Å². The molecule has 16 heavy (non-hydrogen) atoms. The van der Waals surface area contributed by atoms with Crippen LogP contribution in [-0.4, -0.2) is 30.5 Å². The van der Waals surface area contributed by atoms with Crippen LogP contribution in [0.4, 0.5) is 0 Å². The van der Waals surface area contributed by atoms with Gasteiger partial charge >= 0.3 is 0 Å². The third-order valence-electron chi connectivity index (χ3n) is 2.76. The fourth-order valence-corrected chi connectivity index (χ4v) is 1.80. The summed E-state index contributed by atoms with van der Waals surface area (Å²) in [5.41, 5.74) is 1.17. The van der Waals surface area contributed by atoms with Gasteiger partial charge in [-0.25, -0.2) is 0 Å². The molecule has 0 saturated carbocycles. The van der Waals surface area contributed by atoms with Gasteiger partial charge in [-0.2, -0.15) is 0 Å². The average Bonchev–Trinajstić information content (AvgIpc) is 2.53. The van der Waals surface area contributed by atoms with E-state index < -0.39 is 0 Å². The molecule has 1 aromatic rings. The molecular weight excluding hydrogens is 204 g/mol. The van der Waals surface area contributed by atoms with E-state index in [0.29, 0.717) is 19.8 Å². The number of hydrogen-bond acceptors (Lipinski definition) is 3. The van der Waals surface area contributed by atoms with Crippen LogP contribution in [0.3, 0.4) is 0 Å². The monoisotopic (exact) mass is 222 g/mol. The van der Waals surface area contributed by atoms with Gasteiger partial charge in [0.05, 0.1) is 32.0 Å². The normalized spacial score (nSPS) is 26.3. The number of aliphatic hydroxyl groups is 1. The molecule has 1 aliphatic rings. The Labute approximate surface area is 96.0 Å². The Morgan fingerprint density at radius 1 is 1.19 bits per heavy atom. The number of hydrogen-bond donors (Lipinski definition) is 1. The highest BCUT2D eigenvalue weighted by atomic mass is 16.5. The molecule has 3 nitrogen and oxygen atoms in total. The zero-order chi connectivity index (χ0) is 11.2. The number of aliphatic hydroxyl groups excluding tert-OH is 1. The van der Waals surface area contributed by atoms with E-state index in [1.807, 2.05) is 30.3 Å². The summed E-state index contributed by atoms with van der Waals surface area (Å²) in [4.78, 5) is 0. The fourth-order valence-electron chi connectivity index (χ4n) is 1.80. The van der Waals surface area contributed by atoms with Gasteiger partial charge in [0, 0.05) is 0 Å². The quantitative estimate of drug-likeness (QED) is 0.846. The molecule has 0 aromatic heterocycles. The number of benzene rings is 1. The minimum Gasteiger partial charge on any atom is -0.391 e. The van der Waals surface area contributed by atoms with Crippen LogP contribution in [0.15, 0.2) is 30.3 Å². The number of rotatable bonds is 3. The summed E-state index contributed by atoms with van der Waals surface area (Å²) in [7, 11) is 0. The van der Waals surface area contributed by atoms with Crippen molar-refractivity contribution in [2.45, 2.75) is 31.7 Å². The highest BCUT2D eigenvalue weighted by molar-refractivity contribution is 5.13. The standard InChI is InChI=1S/C13H18O3/c14-12-6-7-13(10-15-9-12)16-8-11-4-2-1-3-5-11/h1-5,12-14H,6-10H2. The molecule has 88 valence electrons. The molecule has 1 N–H and O–H groups in total. The number of ether oxygens (including phenoxy) is 2. The van der Waals surface area contributed by atoms with E-state index >= 15 is 0 Å². The molecule has 1 fully saturated rings. The van der Waals surface area contributed by atoms with Gasteiger partial charge in [-0.1, -0.05) is 30.3 Å². The largest absolute Gasteiger partial charge is 0.391 e. The molecule has 0 bridgehead atoms. The van der Waals surface area contributed by atoms with Gasteiger partial charge in [-0.05, 0) is 18.4 Å². The fraction of sp³-hybridized carbons (Fsp3) is 0.538. The van der Waals surface area contributed by atoms with Gasteiger partial charge in [-0.3, -0.25) is 0 Å². The van der Waals surface area contributed by atoms with Gasteiger partial charge in [0.1, 0.15) is 0 Å². The molecule has 0 spiro atoms. The average molecular weight is 222 g/mol. The minimum atomic E-state index is -0.328. The third-order valence-corrected chi connectivity index (χ3v) is 2.76. The highest BCUT2D eigenvalue weighted by Crippen LogP contribution is 2.13. The highest BCUT2D eigenvalue weighted by Gasteiger charge is 2.17. The lowest BCUT2D eigenvalue weighted by molar-refractivity contribution is -0.0223. The molecule has 0 radical (unpaired) electrons. The van der Waals surface area contributed by atoms with E-state index in [2.05, 4.69) is 0 Å². The first-order valence-corrected chi connectivity index (χ1v) is 5.76. The van der Waals surface area contributed by atoms with E-state index in [1.165, 1.54) is 5.56 Å². The molecule has 1 saturated heterocycles. The van der Waals surface area contributed by atoms with Crippen LogP contribution >= 0.6 is 0 Å². The van der Waals surface area contributed by atoms with Crippen LogP contribution < -0.4 is 0 Å². The van der Waals surface area contributed by atoms with Gasteiger partial charge < -0.3 is 14.6 Å². The van der Waals surface area contributed by atoms with Crippen LogP contribution in [0.2, 0.25) is 0 Å². The Balaban J connectivity index is 1.77. The smallest absolute Gasteiger partial charge is 0.0814 e. The molecular formula is C13H18O3. The van der Waals surface area contributed by atoms with Crippen molar-refractivity contribution in [3.63, 3.8) is 0 Å². The molecule has 0 aliphatic carbocycles. The molecule has 1 heterocycles. The van der Waals surface area contributed by atoms with Crippen LogP contribution in [0.1, 0.15) is 18.4 Å². The van der Waals surface area contributed by atoms with Gasteiger partial charge in [0.2, 0.25) is 0 Å². The second-order valence-corrected chi connectivity index (χ2v) is 4.19. The summed E-state index contributed by atoms with van der Waals surface area (Å²) in [6.45, 7) is 1.64. The summed E-state index contributed by atoms with van der Waals surface area (Å²) < 4.78 is 11.1. The molecule has 1 aliphatic heterocycles. The lowest BCUT2D eigenvalue weighted by atomic mass is 10.1. The zero-order valence-electron chi connectivity index (χ0n) is 9.34. The first-order valence-electron chi connectivity index (χ1n) is 5.76. The maximum Gasteiger partial charge on any atom is 0.0814 e. The van der Waals surface area contributed by atoms with E-state index in [9.17, 15) is 5.11 Å². The Kier molecular flexibility index (Phi) is 4.34. The maximum absolute atomic E-state index is 9.41. The van der Waals surface area contributed by atoms with Crippen molar-refractivity contribution in [2.24, 2.45) is 0 Å². The van der Waals surface area contributed by atoms with Crippen molar-refractivity contribution in [1.29, 1.82) is 0 Å². The van der Waals surface area contributed by atoms with Crippen molar-refractivity contribution in [1.82, 2.24) is 0 Å². The van der Waals surface area contributed by atoms with Crippen molar-refractivity contribution in [2.75, 3.05) is 13.2 Å². The first-order chi connectivity index (χ1) is 7.84. The van der Waals surface area contributed by atoms with Crippen LogP contribution in [-0.2, 0) is 16.1 Å². The topological polar surface area (TPSA) is 38.7 Å². The van der Waals surface area contributed by atoms with E-state index in [-0.39, 0.29) is 12.2 Å². The molecule has 2 unspecified atom stereocenters. The van der Waals surface area contributed by atoms with Crippen LogP contribution in [0.25, 0.3) is 0 Å². The summed E-state index contributed by atoms with van der Waals surface area (Å²) in [6.07, 6.45) is 1.41. The third kappa shape index (κ3) is 3.59. The van der Waals surface area contributed by atoms with Crippen molar-refractivity contribution >= 4 is 0 Å². The second-order valence-electron chi connectivity index (χ2n) is 4.19. The molecule has 1 aromatic carbocycles. The summed E-state index contributed by atoms with van der Waals surface area (Å²) in [6, 6.07) is 10.1. The van der Waals surface area contributed by atoms with E-state index in [0.717, 1.165) is 12.8 Å². The Morgan fingerprint density at radius 2 is 2.00 bits per heavy atom. The second kappa shape index (κ2) is 5.99. The Bertz CT molecular complexity index is 299. The Hall–Kier alpha value is -0.900. The summed E-state index contributed by atoms with van der Waals surface area (Å²) in [5.74, 6) is 0. The minimum absolute atomic E-state index is 0.109. The van der Waals surface area contributed by atoms with Gasteiger partial charge in [0.25, 0.3) is 0 Å². The molecule has 0 amide bonds. The first kappa shape index (κ1) is 11.6. The predicted molar refractivity (Wildman–Crippen MR) is 61.1 cm³/mol. The van der Waals surface area contributed by atoms with Gasteiger partial charge in [-0.15, -0.1) is 0 Å². The Morgan fingerprint density at radius 3 is 2.81 bits per heavy atom. The lowest BCUT2D eigenvalue weighted by Gasteiger charge is -2.14. The SMILES string of the molecule is OC1CCC(OCc2ccccc2)COC1. The van der Waals surface area contributed by atoms with Gasteiger partial charge in [0.15, 0.2) is 0 Å². The molecule has 2 atom stereocenters. The molecule has 3 heteroatoms. The van der Waals surface area contributed by atoms with Crippen molar-refractivity contribution in [3.05, 3.63) is 35.9 Å². The lowest BCUT2D eigenvalue weighted by Crippen LogP contribution is -2.17. The van der Waals surface area contributed by atoms with Crippen molar-refractivity contribution < 1.29 is 14.6 Å². The summed E-state index contributed by atoms with van der Waals surface area (Å²) >= 11 is 0.